The maximum atomic E-state index is 5.99. The van der Waals surface area contributed by atoms with Crippen molar-refractivity contribution in [1.82, 2.24) is 0 Å². The molecule has 0 aliphatic rings. The van der Waals surface area contributed by atoms with Crippen LogP contribution in [0.3, 0.4) is 0 Å². The van der Waals surface area contributed by atoms with Crippen LogP contribution in [0.1, 0.15) is 17.2 Å². The molecule has 1 atom stereocenters. The molecule has 19 heavy (non-hydrogen) atoms. The molecule has 2 nitrogen and oxygen atoms in total. The van der Waals surface area contributed by atoms with Gasteiger partial charge in [-0.1, -0.05) is 45.7 Å². The molecule has 2 N–H and O–H groups in total. The minimum absolute atomic E-state index is 0.176. The van der Waals surface area contributed by atoms with Crippen LogP contribution in [-0.2, 0) is 0 Å². The molecule has 100 valence electrons. The van der Waals surface area contributed by atoms with E-state index in [1.165, 1.54) is 0 Å². The fourth-order valence-corrected chi connectivity index (χ4v) is 2.21. The number of rotatable bonds is 4. The van der Waals surface area contributed by atoms with Crippen LogP contribution in [0.15, 0.2) is 46.9 Å². The molecule has 0 saturated carbocycles. The second-order valence-electron chi connectivity index (χ2n) is 4.30. The summed E-state index contributed by atoms with van der Waals surface area (Å²) >= 11 is 9.41. The molecule has 0 heterocycles. The van der Waals surface area contributed by atoms with Gasteiger partial charge in [-0.25, -0.2) is 0 Å². The third kappa shape index (κ3) is 3.72. The smallest absolute Gasteiger partial charge is 0.136 e. The Hall–Kier alpha value is -1.03. The van der Waals surface area contributed by atoms with Crippen LogP contribution in [0.25, 0.3) is 0 Å². The molecule has 0 aromatic heterocycles. The summed E-state index contributed by atoms with van der Waals surface area (Å²) < 4.78 is 7.01. The number of benzene rings is 2. The molecule has 2 aromatic carbocycles. The molecule has 2 aromatic rings. The summed E-state index contributed by atoms with van der Waals surface area (Å²) in [5.41, 5.74) is 7.90. The van der Waals surface area contributed by atoms with Gasteiger partial charge in [0.15, 0.2) is 0 Å². The highest BCUT2D eigenvalue weighted by atomic mass is 79.9. The van der Waals surface area contributed by atoms with E-state index in [9.17, 15) is 0 Å². The van der Waals surface area contributed by atoms with Crippen LogP contribution in [0.4, 0.5) is 0 Å². The van der Waals surface area contributed by atoms with Crippen LogP contribution in [0.2, 0.25) is 5.02 Å². The number of hydrogen-bond acceptors (Lipinski definition) is 2. The summed E-state index contributed by atoms with van der Waals surface area (Å²) in [7, 11) is 0. The lowest BCUT2D eigenvalue weighted by molar-refractivity contribution is 0.213. The number of aryl methyl sites for hydroxylation is 1. The maximum absolute atomic E-state index is 5.99. The predicted molar refractivity (Wildman–Crippen MR) is 82.8 cm³/mol. The van der Waals surface area contributed by atoms with Crippen molar-refractivity contribution in [2.75, 3.05) is 6.54 Å². The van der Waals surface area contributed by atoms with Gasteiger partial charge in [-0.3, -0.25) is 0 Å². The number of hydrogen-bond donors (Lipinski definition) is 1. The van der Waals surface area contributed by atoms with E-state index in [1.54, 1.807) is 0 Å². The molecule has 2 rings (SSSR count). The Labute approximate surface area is 126 Å². The third-order valence-electron chi connectivity index (χ3n) is 2.88. The average molecular weight is 341 g/mol. The molecular weight excluding hydrogens is 326 g/mol. The summed E-state index contributed by atoms with van der Waals surface area (Å²) in [6.07, 6.45) is -0.176. The summed E-state index contributed by atoms with van der Waals surface area (Å²) in [5.74, 6) is 0.769. The minimum Gasteiger partial charge on any atom is -0.484 e. The van der Waals surface area contributed by atoms with Crippen molar-refractivity contribution < 1.29 is 4.74 Å². The van der Waals surface area contributed by atoms with Crippen LogP contribution in [-0.4, -0.2) is 6.54 Å². The third-order valence-corrected chi connectivity index (χ3v) is 3.64. The number of nitrogens with two attached hydrogens (primary N) is 1. The first-order valence-electron chi connectivity index (χ1n) is 5.98. The van der Waals surface area contributed by atoms with E-state index in [-0.39, 0.29) is 6.10 Å². The van der Waals surface area contributed by atoms with Crippen LogP contribution in [0, 0.1) is 6.92 Å². The quantitative estimate of drug-likeness (QED) is 0.890. The zero-order valence-electron chi connectivity index (χ0n) is 10.6. The SMILES string of the molecule is Cc1ccc(Cl)cc1OC(CN)c1ccc(Br)cc1. The molecule has 0 fully saturated rings. The van der Waals surface area contributed by atoms with E-state index in [1.807, 2.05) is 49.4 Å². The van der Waals surface area contributed by atoms with E-state index < -0.39 is 0 Å². The number of ether oxygens (including phenoxy) is 1. The summed E-state index contributed by atoms with van der Waals surface area (Å²) in [5, 5.41) is 0.659. The molecule has 0 bridgehead atoms. The van der Waals surface area contributed by atoms with Gasteiger partial charge in [-0.2, -0.15) is 0 Å². The Kier molecular flexibility index (Phi) is 4.86. The Morgan fingerprint density at radius 2 is 1.89 bits per heavy atom. The van der Waals surface area contributed by atoms with Crippen molar-refractivity contribution in [3.8, 4) is 5.75 Å². The maximum Gasteiger partial charge on any atom is 0.136 e. The Morgan fingerprint density at radius 1 is 1.21 bits per heavy atom. The zero-order chi connectivity index (χ0) is 13.8. The van der Waals surface area contributed by atoms with E-state index in [0.29, 0.717) is 11.6 Å². The molecule has 0 amide bonds. The molecule has 4 heteroatoms. The summed E-state index contributed by atoms with van der Waals surface area (Å²) in [6.45, 7) is 2.40. The van der Waals surface area contributed by atoms with Crippen LogP contribution >= 0.6 is 27.5 Å². The van der Waals surface area contributed by atoms with E-state index in [0.717, 1.165) is 21.3 Å². The second-order valence-corrected chi connectivity index (χ2v) is 5.66. The lowest BCUT2D eigenvalue weighted by atomic mass is 10.1. The van der Waals surface area contributed by atoms with Gasteiger partial charge in [0.05, 0.1) is 0 Å². The fraction of sp³-hybridized carbons (Fsp3) is 0.200. The summed E-state index contributed by atoms with van der Waals surface area (Å²) in [6, 6.07) is 13.6. The normalized spacial score (nSPS) is 12.2. The monoisotopic (exact) mass is 339 g/mol. The van der Waals surface area contributed by atoms with E-state index in [4.69, 9.17) is 22.1 Å². The van der Waals surface area contributed by atoms with Crippen LogP contribution < -0.4 is 10.5 Å². The summed E-state index contributed by atoms with van der Waals surface area (Å²) in [4.78, 5) is 0. The van der Waals surface area contributed by atoms with Crippen molar-refractivity contribution in [2.45, 2.75) is 13.0 Å². The first kappa shape index (κ1) is 14.4. The van der Waals surface area contributed by atoms with Gasteiger partial charge < -0.3 is 10.5 Å². The molecule has 0 saturated heterocycles. The van der Waals surface area contributed by atoms with Gasteiger partial charge >= 0.3 is 0 Å². The van der Waals surface area contributed by atoms with Gasteiger partial charge in [0.1, 0.15) is 11.9 Å². The van der Waals surface area contributed by atoms with Crippen molar-refractivity contribution in [2.24, 2.45) is 5.73 Å². The highest BCUT2D eigenvalue weighted by Gasteiger charge is 2.13. The first-order chi connectivity index (χ1) is 9.10. The first-order valence-corrected chi connectivity index (χ1v) is 7.15. The van der Waals surface area contributed by atoms with Gasteiger partial charge in [0, 0.05) is 16.0 Å². The molecule has 1 unspecified atom stereocenters. The fourth-order valence-electron chi connectivity index (χ4n) is 1.78. The minimum atomic E-state index is -0.176. The van der Waals surface area contributed by atoms with Gasteiger partial charge in [0.25, 0.3) is 0 Å². The highest BCUT2D eigenvalue weighted by Crippen LogP contribution is 2.28. The second kappa shape index (κ2) is 6.42. The lowest BCUT2D eigenvalue weighted by Crippen LogP contribution is -2.18. The molecule has 0 spiro atoms. The van der Waals surface area contributed by atoms with E-state index in [2.05, 4.69) is 15.9 Å². The average Bonchev–Trinajstić information content (AvgIpc) is 2.41. The highest BCUT2D eigenvalue weighted by molar-refractivity contribution is 9.10. The van der Waals surface area contributed by atoms with Gasteiger partial charge in [-0.05, 0) is 42.3 Å². The Balaban J connectivity index is 2.23. The van der Waals surface area contributed by atoms with Gasteiger partial charge in [-0.15, -0.1) is 0 Å². The lowest BCUT2D eigenvalue weighted by Gasteiger charge is -2.19. The molecule has 0 radical (unpaired) electrons. The predicted octanol–water partition coefficient (Wildman–Crippen LogP) is 4.49. The van der Waals surface area contributed by atoms with Crippen molar-refractivity contribution in [3.05, 3.63) is 63.1 Å². The Bertz CT molecular complexity index is 557. The largest absolute Gasteiger partial charge is 0.484 e. The van der Waals surface area contributed by atoms with E-state index >= 15 is 0 Å². The molecule has 0 aliphatic carbocycles. The zero-order valence-corrected chi connectivity index (χ0v) is 12.9. The van der Waals surface area contributed by atoms with Gasteiger partial charge in [0.2, 0.25) is 0 Å². The van der Waals surface area contributed by atoms with Crippen molar-refractivity contribution >= 4 is 27.5 Å². The topological polar surface area (TPSA) is 35.2 Å². The van der Waals surface area contributed by atoms with Crippen LogP contribution in [0.5, 0.6) is 5.75 Å². The van der Waals surface area contributed by atoms with Crippen molar-refractivity contribution in [3.63, 3.8) is 0 Å². The number of halogens is 2. The molecular formula is C15H15BrClNO. The molecule has 0 aliphatic heterocycles. The van der Waals surface area contributed by atoms with Crippen molar-refractivity contribution in [1.29, 1.82) is 0 Å². The standard InChI is InChI=1S/C15H15BrClNO/c1-10-2-7-13(17)8-14(10)19-15(9-18)11-3-5-12(16)6-4-11/h2-8,15H,9,18H2,1H3. The Morgan fingerprint density at radius 3 is 2.53 bits per heavy atom.